The number of hydrogen-bond donors (Lipinski definition) is 1. The molecule has 0 saturated carbocycles. The van der Waals surface area contributed by atoms with Crippen molar-refractivity contribution in [2.45, 2.75) is 26.0 Å². The van der Waals surface area contributed by atoms with Crippen LogP contribution >= 0.6 is 0 Å². The lowest BCUT2D eigenvalue weighted by Gasteiger charge is -2.20. The number of rotatable bonds is 10. The molecule has 0 spiro atoms. The molecule has 1 atom stereocenters. The van der Waals surface area contributed by atoms with E-state index in [-0.39, 0.29) is 30.8 Å². The van der Waals surface area contributed by atoms with Crippen LogP contribution in [-0.2, 0) is 21.3 Å². The van der Waals surface area contributed by atoms with Crippen LogP contribution < -0.4 is 11.2 Å². The lowest BCUT2D eigenvalue weighted by Crippen LogP contribution is -2.29. The largest absolute Gasteiger partial charge is 0.361 e. The first kappa shape index (κ1) is 22.7. The molecule has 0 aliphatic rings. The van der Waals surface area contributed by atoms with Gasteiger partial charge in [0, 0.05) is 24.8 Å². The summed E-state index contributed by atoms with van der Waals surface area (Å²) in [5, 5.41) is 0. The molecule has 3 aromatic rings. The van der Waals surface area contributed by atoms with Crippen LogP contribution in [0.5, 0.6) is 0 Å². The number of aromatic nitrogens is 2. The van der Waals surface area contributed by atoms with Crippen molar-refractivity contribution in [1.82, 2.24) is 9.55 Å². The predicted octanol–water partition coefficient (Wildman–Crippen LogP) is 2.46. The number of nitrogens with zero attached hydrogens (tertiary/aromatic N) is 1. The van der Waals surface area contributed by atoms with Crippen LogP contribution in [-0.4, -0.2) is 36.1 Å². The van der Waals surface area contributed by atoms with Crippen molar-refractivity contribution < 1.29 is 13.2 Å². The fourth-order valence-electron chi connectivity index (χ4n) is 3.46. The minimum absolute atomic E-state index is 0.0112. The first-order valence-corrected chi connectivity index (χ1v) is 11.9. The Bertz CT molecular complexity index is 1220. The van der Waals surface area contributed by atoms with Gasteiger partial charge in [-0.3, -0.25) is 14.3 Å². The van der Waals surface area contributed by atoms with E-state index in [1.807, 2.05) is 61.5 Å². The van der Waals surface area contributed by atoms with E-state index < -0.39 is 21.1 Å². The van der Waals surface area contributed by atoms with E-state index in [4.69, 9.17) is 4.74 Å². The second-order valence-electron chi connectivity index (χ2n) is 7.41. The highest BCUT2D eigenvalue weighted by molar-refractivity contribution is 7.91. The quantitative estimate of drug-likeness (QED) is 0.487. The Labute approximate surface area is 181 Å². The van der Waals surface area contributed by atoms with Gasteiger partial charge in [-0.25, -0.2) is 13.2 Å². The molecule has 0 aliphatic heterocycles. The molecule has 7 nitrogen and oxygen atoms in total. The second-order valence-corrected chi connectivity index (χ2v) is 9.63. The molecule has 164 valence electrons. The first-order chi connectivity index (χ1) is 14.9. The average Bonchev–Trinajstić information content (AvgIpc) is 2.74. The highest BCUT2D eigenvalue weighted by Gasteiger charge is 2.23. The van der Waals surface area contributed by atoms with Gasteiger partial charge in [0.1, 0.15) is 6.73 Å². The molecule has 0 amide bonds. The van der Waals surface area contributed by atoms with Crippen LogP contribution in [0.4, 0.5) is 0 Å². The van der Waals surface area contributed by atoms with Gasteiger partial charge in [-0.15, -0.1) is 0 Å². The number of sulfone groups is 1. The SMILES string of the molecule is Cc1ccccc1C(CS(=O)(=O)CCCOCn1ccc(=O)[nH]c1=O)c1ccccc1. The highest BCUT2D eigenvalue weighted by atomic mass is 32.2. The molecule has 2 aromatic carbocycles. The van der Waals surface area contributed by atoms with Crippen molar-refractivity contribution in [3.63, 3.8) is 0 Å². The Balaban J connectivity index is 1.61. The van der Waals surface area contributed by atoms with Crippen molar-refractivity contribution in [2.24, 2.45) is 0 Å². The molecule has 0 fully saturated rings. The second kappa shape index (κ2) is 10.4. The van der Waals surface area contributed by atoms with Crippen molar-refractivity contribution in [2.75, 3.05) is 18.1 Å². The normalized spacial score (nSPS) is 12.5. The lowest BCUT2D eigenvalue weighted by atomic mass is 9.90. The fraction of sp³-hybridized carbons (Fsp3) is 0.304. The van der Waals surface area contributed by atoms with E-state index in [0.29, 0.717) is 6.42 Å². The van der Waals surface area contributed by atoms with Gasteiger partial charge in [0.15, 0.2) is 9.84 Å². The van der Waals surface area contributed by atoms with Gasteiger partial charge < -0.3 is 4.74 Å². The van der Waals surface area contributed by atoms with E-state index in [1.165, 1.54) is 16.8 Å². The lowest BCUT2D eigenvalue weighted by molar-refractivity contribution is 0.0745. The van der Waals surface area contributed by atoms with Gasteiger partial charge in [0.2, 0.25) is 0 Å². The van der Waals surface area contributed by atoms with Crippen LogP contribution in [0.15, 0.2) is 76.4 Å². The van der Waals surface area contributed by atoms with E-state index in [9.17, 15) is 18.0 Å². The topological polar surface area (TPSA) is 98.2 Å². The fourth-order valence-corrected chi connectivity index (χ4v) is 5.06. The molecular formula is C23H26N2O5S. The van der Waals surface area contributed by atoms with Crippen LogP contribution in [0.25, 0.3) is 0 Å². The summed E-state index contributed by atoms with van der Waals surface area (Å²) < 4.78 is 32.4. The van der Waals surface area contributed by atoms with Gasteiger partial charge in [-0.1, -0.05) is 54.6 Å². The van der Waals surface area contributed by atoms with E-state index in [1.54, 1.807) is 0 Å². The van der Waals surface area contributed by atoms with Crippen molar-refractivity contribution >= 4 is 9.84 Å². The molecule has 31 heavy (non-hydrogen) atoms. The molecule has 0 bridgehead atoms. The summed E-state index contributed by atoms with van der Waals surface area (Å²) in [6.45, 7) is 2.13. The van der Waals surface area contributed by atoms with Crippen LogP contribution in [0.1, 0.15) is 29.0 Å². The van der Waals surface area contributed by atoms with Crippen LogP contribution in [0.3, 0.4) is 0 Å². The molecule has 0 saturated heterocycles. The zero-order valence-corrected chi connectivity index (χ0v) is 18.2. The Morgan fingerprint density at radius 2 is 1.71 bits per heavy atom. The summed E-state index contributed by atoms with van der Waals surface area (Å²) in [6.07, 6.45) is 1.65. The monoisotopic (exact) mass is 442 g/mol. The third kappa shape index (κ3) is 6.50. The standard InChI is InChI=1S/C23H26N2O5S/c1-18-8-5-6-11-20(18)21(19-9-3-2-4-10-19)16-31(28,29)15-7-14-30-17-25-13-12-22(26)24-23(25)27/h2-6,8-13,21H,7,14-17H2,1H3,(H,24,26,27). The van der Waals surface area contributed by atoms with Crippen molar-refractivity contribution in [3.05, 3.63) is 104 Å². The van der Waals surface area contributed by atoms with Crippen LogP contribution in [0, 0.1) is 6.92 Å². The maximum atomic E-state index is 12.9. The first-order valence-electron chi connectivity index (χ1n) is 10.0. The number of aromatic amines is 1. The average molecular weight is 443 g/mol. The van der Waals surface area contributed by atoms with Gasteiger partial charge in [-0.05, 0) is 30.0 Å². The van der Waals surface area contributed by atoms with E-state index >= 15 is 0 Å². The summed E-state index contributed by atoms with van der Waals surface area (Å²) >= 11 is 0. The maximum Gasteiger partial charge on any atom is 0.330 e. The zero-order valence-electron chi connectivity index (χ0n) is 17.4. The van der Waals surface area contributed by atoms with E-state index in [2.05, 4.69) is 4.98 Å². The van der Waals surface area contributed by atoms with Crippen LogP contribution in [0.2, 0.25) is 0 Å². The molecule has 1 N–H and O–H groups in total. The number of aryl methyl sites for hydroxylation is 1. The highest BCUT2D eigenvalue weighted by Crippen LogP contribution is 2.29. The predicted molar refractivity (Wildman–Crippen MR) is 120 cm³/mol. The molecular weight excluding hydrogens is 416 g/mol. The summed E-state index contributed by atoms with van der Waals surface area (Å²) in [6, 6.07) is 18.7. The molecule has 1 unspecified atom stereocenters. The van der Waals surface area contributed by atoms with Gasteiger partial charge in [0.25, 0.3) is 5.56 Å². The number of nitrogens with one attached hydrogen (secondary N) is 1. The Kier molecular flexibility index (Phi) is 7.59. The Morgan fingerprint density at radius 3 is 2.42 bits per heavy atom. The molecule has 0 aliphatic carbocycles. The summed E-state index contributed by atoms with van der Waals surface area (Å²) in [5.41, 5.74) is 1.99. The third-order valence-electron chi connectivity index (χ3n) is 5.06. The smallest absolute Gasteiger partial charge is 0.330 e. The van der Waals surface area contributed by atoms with E-state index in [0.717, 1.165) is 16.7 Å². The number of benzene rings is 2. The molecule has 0 radical (unpaired) electrons. The van der Waals surface area contributed by atoms with Gasteiger partial charge in [-0.2, -0.15) is 0 Å². The Hall–Kier alpha value is -2.97. The third-order valence-corrected chi connectivity index (χ3v) is 6.81. The minimum atomic E-state index is -3.35. The van der Waals surface area contributed by atoms with Gasteiger partial charge >= 0.3 is 5.69 Å². The van der Waals surface area contributed by atoms with Crippen molar-refractivity contribution in [1.29, 1.82) is 0 Å². The maximum absolute atomic E-state index is 12.9. The molecule has 3 rings (SSSR count). The Morgan fingerprint density at radius 1 is 1.00 bits per heavy atom. The number of ether oxygens (including phenoxy) is 1. The summed E-state index contributed by atoms with van der Waals surface area (Å²) in [7, 11) is -3.35. The number of hydrogen-bond acceptors (Lipinski definition) is 5. The van der Waals surface area contributed by atoms with Crippen molar-refractivity contribution in [3.8, 4) is 0 Å². The molecule has 1 aromatic heterocycles. The zero-order chi connectivity index (χ0) is 22.3. The molecule has 1 heterocycles. The summed E-state index contributed by atoms with van der Waals surface area (Å²) in [5.74, 6) is -0.239. The molecule has 8 heteroatoms. The number of H-pyrrole nitrogens is 1. The van der Waals surface area contributed by atoms with Gasteiger partial charge in [0.05, 0.1) is 11.5 Å². The summed E-state index contributed by atoms with van der Waals surface area (Å²) in [4.78, 5) is 24.8. The minimum Gasteiger partial charge on any atom is -0.361 e.